The second kappa shape index (κ2) is 31.6. The van der Waals surface area contributed by atoms with Gasteiger partial charge in [-0.3, -0.25) is 9.35 Å². The van der Waals surface area contributed by atoms with Gasteiger partial charge in [-0.2, -0.15) is 8.42 Å². The van der Waals surface area contributed by atoms with Gasteiger partial charge in [-0.15, -0.1) is 0 Å². The van der Waals surface area contributed by atoms with E-state index in [2.05, 4.69) is 31.3 Å². The topological polar surface area (TPSA) is 124 Å². The van der Waals surface area contributed by atoms with Crippen LogP contribution >= 0.6 is 0 Å². The highest BCUT2D eigenvalue weighted by Gasteiger charge is 2.28. The Balaban J connectivity index is 3.99. The van der Waals surface area contributed by atoms with Gasteiger partial charge in [-0.1, -0.05) is 167 Å². The van der Waals surface area contributed by atoms with E-state index in [1.165, 1.54) is 109 Å². The molecular weight excluding hydrogens is 586 g/mol. The van der Waals surface area contributed by atoms with Gasteiger partial charge in [0.15, 0.2) is 0 Å². The van der Waals surface area contributed by atoms with Gasteiger partial charge in [0, 0.05) is 0 Å². The molecule has 1 amide bonds. The number of nitrogens with one attached hydrogen (secondary N) is 1. The molecular formula is C37H73NO6S. The maximum absolute atomic E-state index is 12.5. The highest BCUT2D eigenvalue weighted by molar-refractivity contribution is 7.85. The van der Waals surface area contributed by atoms with E-state index < -0.39 is 40.0 Å². The maximum atomic E-state index is 12.5. The standard InChI is InChI=1S/C37H73NO6S/c1-3-5-7-9-11-13-15-16-17-18-19-20-21-22-24-26-28-30-32-36(40)37(41)38-34(33-45(42,43)44)35(39)31-29-27-25-23-14-12-10-8-6-4-2/h18-19,34-36,39-40H,3-17,20-33H2,1-2H3,(H,38,41)(H,42,43,44)/b19-18-. The van der Waals surface area contributed by atoms with Gasteiger partial charge in [0.1, 0.15) is 6.10 Å². The molecule has 7 nitrogen and oxygen atoms in total. The first-order valence-corrected chi connectivity index (χ1v) is 20.6. The number of amides is 1. The monoisotopic (exact) mass is 660 g/mol. The lowest BCUT2D eigenvalue weighted by atomic mass is 10.0. The zero-order valence-corrected chi connectivity index (χ0v) is 30.2. The number of hydrogen-bond acceptors (Lipinski definition) is 5. The summed E-state index contributed by atoms with van der Waals surface area (Å²) < 4.78 is 32.4. The SMILES string of the molecule is CCCCCCCCCC/C=C\CCCCCCCCC(O)C(=O)NC(CS(=O)(=O)O)C(O)CCCCCCCCCCCC. The molecule has 0 fully saturated rings. The summed E-state index contributed by atoms with van der Waals surface area (Å²) in [5, 5.41) is 23.4. The third-order valence-corrected chi connectivity index (χ3v) is 9.61. The minimum absolute atomic E-state index is 0.292. The Morgan fingerprint density at radius 2 is 0.933 bits per heavy atom. The van der Waals surface area contributed by atoms with Crippen LogP contribution in [0.15, 0.2) is 12.2 Å². The first-order valence-electron chi connectivity index (χ1n) is 19.0. The molecule has 0 aliphatic carbocycles. The van der Waals surface area contributed by atoms with E-state index >= 15 is 0 Å². The van der Waals surface area contributed by atoms with E-state index in [-0.39, 0.29) is 0 Å². The molecule has 0 aromatic rings. The molecule has 0 saturated heterocycles. The first kappa shape index (κ1) is 44.0. The molecule has 3 unspecified atom stereocenters. The van der Waals surface area contributed by atoms with Gasteiger partial charge < -0.3 is 15.5 Å². The Kier molecular flexibility index (Phi) is 31.0. The van der Waals surface area contributed by atoms with Crippen LogP contribution in [0.2, 0.25) is 0 Å². The summed E-state index contributed by atoms with van der Waals surface area (Å²) in [7, 11) is -4.40. The van der Waals surface area contributed by atoms with Crippen molar-refractivity contribution in [3.05, 3.63) is 12.2 Å². The number of allylic oxidation sites excluding steroid dienone is 2. The van der Waals surface area contributed by atoms with Crippen LogP contribution in [-0.4, -0.2) is 53.1 Å². The van der Waals surface area contributed by atoms with E-state index in [0.717, 1.165) is 44.9 Å². The Morgan fingerprint density at radius 1 is 0.578 bits per heavy atom. The zero-order chi connectivity index (χ0) is 33.4. The fourth-order valence-corrected chi connectivity index (χ4v) is 6.63. The summed E-state index contributed by atoms with van der Waals surface area (Å²) in [6.07, 6.45) is 33.8. The molecule has 0 radical (unpaired) electrons. The van der Waals surface area contributed by atoms with Gasteiger partial charge in [-0.05, 0) is 38.5 Å². The summed E-state index contributed by atoms with van der Waals surface area (Å²) >= 11 is 0. The molecule has 45 heavy (non-hydrogen) atoms. The van der Waals surface area contributed by atoms with Crippen LogP contribution < -0.4 is 5.32 Å². The lowest BCUT2D eigenvalue weighted by Gasteiger charge is -2.24. The lowest BCUT2D eigenvalue weighted by Crippen LogP contribution is -2.50. The predicted molar refractivity (Wildman–Crippen MR) is 190 cm³/mol. The molecule has 0 bridgehead atoms. The van der Waals surface area contributed by atoms with Crippen molar-refractivity contribution in [3.8, 4) is 0 Å². The Bertz CT molecular complexity index is 788. The maximum Gasteiger partial charge on any atom is 0.266 e. The molecule has 268 valence electrons. The number of unbranched alkanes of at least 4 members (excludes halogenated alkanes) is 23. The highest BCUT2D eigenvalue weighted by Crippen LogP contribution is 2.15. The fourth-order valence-electron chi connectivity index (χ4n) is 5.87. The van der Waals surface area contributed by atoms with E-state index in [0.29, 0.717) is 25.7 Å². The van der Waals surface area contributed by atoms with Crippen molar-refractivity contribution in [1.82, 2.24) is 5.32 Å². The van der Waals surface area contributed by atoms with E-state index in [1.54, 1.807) is 0 Å². The second-order valence-corrected chi connectivity index (χ2v) is 14.8. The van der Waals surface area contributed by atoms with Crippen LogP contribution in [0.4, 0.5) is 0 Å². The van der Waals surface area contributed by atoms with Crippen LogP contribution in [0.3, 0.4) is 0 Å². The van der Waals surface area contributed by atoms with Crippen molar-refractivity contribution in [2.24, 2.45) is 0 Å². The van der Waals surface area contributed by atoms with Crippen molar-refractivity contribution in [1.29, 1.82) is 0 Å². The smallest absolute Gasteiger partial charge is 0.266 e. The van der Waals surface area contributed by atoms with Crippen LogP contribution in [0.25, 0.3) is 0 Å². The third-order valence-electron chi connectivity index (χ3n) is 8.83. The molecule has 0 aliphatic rings. The van der Waals surface area contributed by atoms with Gasteiger partial charge in [0.2, 0.25) is 5.91 Å². The molecule has 3 atom stereocenters. The van der Waals surface area contributed by atoms with Gasteiger partial charge in [-0.25, -0.2) is 0 Å². The number of aliphatic hydroxyl groups excluding tert-OH is 2. The Morgan fingerprint density at radius 3 is 1.33 bits per heavy atom. The number of carbonyl (C=O) groups is 1. The highest BCUT2D eigenvalue weighted by atomic mass is 32.2. The number of aliphatic hydroxyl groups is 2. The summed E-state index contributed by atoms with van der Waals surface area (Å²) in [5.41, 5.74) is 0. The van der Waals surface area contributed by atoms with Gasteiger partial charge in [0.25, 0.3) is 10.1 Å². The van der Waals surface area contributed by atoms with Gasteiger partial charge >= 0.3 is 0 Å². The Labute approximate surface area is 278 Å². The predicted octanol–water partition coefficient (Wildman–Crippen LogP) is 9.60. The fraction of sp³-hybridized carbons (Fsp3) is 0.919. The zero-order valence-electron chi connectivity index (χ0n) is 29.4. The number of hydrogen-bond donors (Lipinski definition) is 4. The molecule has 4 N–H and O–H groups in total. The number of carbonyl (C=O) groups excluding carboxylic acids is 1. The van der Waals surface area contributed by atoms with Crippen molar-refractivity contribution in [2.45, 2.75) is 212 Å². The van der Waals surface area contributed by atoms with E-state index in [4.69, 9.17) is 0 Å². The first-order chi connectivity index (χ1) is 21.7. The van der Waals surface area contributed by atoms with Crippen LogP contribution in [0.5, 0.6) is 0 Å². The molecule has 0 aromatic heterocycles. The molecule has 0 heterocycles. The summed E-state index contributed by atoms with van der Waals surface area (Å²) in [6, 6.07) is -1.14. The van der Waals surface area contributed by atoms with E-state index in [9.17, 15) is 28.0 Å². The minimum Gasteiger partial charge on any atom is -0.391 e. The molecule has 0 rings (SSSR count). The average molecular weight is 660 g/mol. The number of rotatable bonds is 34. The molecule has 0 saturated carbocycles. The summed E-state index contributed by atoms with van der Waals surface area (Å²) in [5.74, 6) is -1.46. The summed E-state index contributed by atoms with van der Waals surface area (Å²) in [4.78, 5) is 12.5. The molecule has 8 heteroatoms. The van der Waals surface area contributed by atoms with Gasteiger partial charge in [0.05, 0.1) is 17.9 Å². The van der Waals surface area contributed by atoms with Crippen LogP contribution in [0.1, 0.15) is 194 Å². The Hall–Kier alpha value is -0.960. The summed E-state index contributed by atoms with van der Waals surface area (Å²) in [6.45, 7) is 4.47. The minimum atomic E-state index is -4.40. The lowest BCUT2D eigenvalue weighted by molar-refractivity contribution is -0.131. The second-order valence-electron chi connectivity index (χ2n) is 13.4. The quantitative estimate of drug-likeness (QED) is 0.0310. The van der Waals surface area contributed by atoms with Crippen LogP contribution in [-0.2, 0) is 14.9 Å². The molecule has 0 spiro atoms. The third kappa shape index (κ3) is 31.4. The molecule has 0 aromatic carbocycles. The van der Waals surface area contributed by atoms with Crippen molar-refractivity contribution in [2.75, 3.05) is 5.75 Å². The van der Waals surface area contributed by atoms with Crippen molar-refractivity contribution in [3.63, 3.8) is 0 Å². The van der Waals surface area contributed by atoms with Crippen molar-refractivity contribution >= 4 is 16.0 Å². The average Bonchev–Trinajstić information content (AvgIpc) is 3.00. The van der Waals surface area contributed by atoms with Crippen LogP contribution in [0, 0.1) is 0 Å². The van der Waals surface area contributed by atoms with E-state index in [1.807, 2.05) is 0 Å². The molecule has 0 aliphatic heterocycles. The normalized spacial score (nSPS) is 14.2. The van der Waals surface area contributed by atoms with Crippen molar-refractivity contribution < 1.29 is 28.0 Å². The largest absolute Gasteiger partial charge is 0.391 e.